The van der Waals surface area contributed by atoms with Crippen LogP contribution in [0.3, 0.4) is 0 Å². The predicted molar refractivity (Wildman–Crippen MR) is 127 cm³/mol. The summed E-state index contributed by atoms with van der Waals surface area (Å²) in [4.78, 5) is 12.8. The standard InChI is InChI=1S/C23H31N3O5S2/c1-17(2)26(3)33(30,31)21-13-11-18(12-14-21)16-24-23(27)19-7-6-10-22(15-19)32(28,29)25-20-8-4-5-9-20/h6-7,10-15,17,20,25H,4-5,8-9,16H2,1-3H3,(H,24,27). The minimum absolute atomic E-state index is 0.0559. The third-order valence-corrected chi connectivity index (χ3v) is 9.43. The number of carbonyl (C=O) groups is 1. The number of rotatable bonds is 9. The van der Waals surface area contributed by atoms with Gasteiger partial charge in [0.2, 0.25) is 20.0 Å². The first kappa shape index (κ1) is 25.4. The van der Waals surface area contributed by atoms with E-state index in [-0.39, 0.29) is 34.0 Å². The van der Waals surface area contributed by atoms with Crippen LogP contribution in [0.1, 0.15) is 55.5 Å². The fourth-order valence-electron chi connectivity index (χ4n) is 3.64. The topological polar surface area (TPSA) is 113 Å². The van der Waals surface area contributed by atoms with E-state index < -0.39 is 26.0 Å². The van der Waals surface area contributed by atoms with Crippen LogP contribution < -0.4 is 10.0 Å². The summed E-state index contributed by atoms with van der Waals surface area (Å²) in [5, 5.41) is 2.75. The summed E-state index contributed by atoms with van der Waals surface area (Å²) in [6, 6.07) is 12.0. The molecular formula is C23H31N3O5S2. The lowest BCUT2D eigenvalue weighted by Crippen LogP contribution is -2.33. The lowest BCUT2D eigenvalue weighted by Gasteiger charge is -2.21. The summed E-state index contributed by atoms with van der Waals surface area (Å²) in [5.74, 6) is -0.413. The van der Waals surface area contributed by atoms with Gasteiger partial charge in [0.15, 0.2) is 0 Å². The molecule has 2 aromatic rings. The lowest BCUT2D eigenvalue weighted by atomic mass is 10.2. The number of carbonyl (C=O) groups excluding carboxylic acids is 1. The Morgan fingerprint density at radius 1 is 1.00 bits per heavy atom. The number of sulfonamides is 2. The maximum atomic E-state index is 12.6. The van der Waals surface area contributed by atoms with E-state index in [4.69, 9.17) is 0 Å². The summed E-state index contributed by atoms with van der Waals surface area (Å²) in [6.45, 7) is 3.77. The highest BCUT2D eigenvalue weighted by Gasteiger charge is 2.24. The molecule has 33 heavy (non-hydrogen) atoms. The van der Waals surface area contributed by atoms with Crippen molar-refractivity contribution in [2.24, 2.45) is 0 Å². The van der Waals surface area contributed by atoms with Gasteiger partial charge >= 0.3 is 0 Å². The van der Waals surface area contributed by atoms with Crippen molar-refractivity contribution in [1.29, 1.82) is 0 Å². The minimum atomic E-state index is -3.69. The van der Waals surface area contributed by atoms with E-state index in [0.29, 0.717) is 0 Å². The number of hydrogen-bond acceptors (Lipinski definition) is 5. The normalized spacial score (nSPS) is 15.3. The van der Waals surface area contributed by atoms with Gasteiger partial charge in [-0.25, -0.2) is 21.6 Å². The number of hydrogen-bond donors (Lipinski definition) is 2. The molecule has 0 saturated heterocycles. The Labute approximate surface area is 196 Å². The molecule has 1 amide bonds. The van der Waals surface area contributed by atoms with Crippen molar-refractivity contribution in [2.75, 3.05) is 7.05 Å². The van der Waals surface area contributed by atoms with Gasteiger partial charge in [-0.1, -0.05) is 31.0 Å². The lowest BCUT2D eigenvalue weighted by molar-refractivity contribution is 0.0950. The largest absolute Gasteiger partial charge is 0.348 e. The van der Waals surface area contributed by atoms with Gasteiger partial charge in [0.05, 0.1) is 9.79 Å². The molecule has 3 rings (SSSR count). The maximum absolute atomic E-state index is 12.6. The van der Waals surface area contributed by atoms with Crippen LogP contribution >= 0.6 is 0 Å². The first-order valence-electron chi connectivity index (χ1n) is 11.0. The van der Waals surface area contributed by atoms with E-state index in [2.05, 4.69) is 10.0 Å². The Morgan fingerprint density at radius 2 is 1.64 bits per heavy atom. The summed E-state index contributed by atoms with van der Waals surface area (Å²) in [7, 11) is -5.73. The Bertz CT molecular complexity index is 1190. The van der Waals surface area contributed by atoms with Crippen LogP contribution in [0.25, 0.3) is 0 Å². The molecule has 1 saturated carbocycles. The highest BCUT2D eigenvalue weighted by molar-refractivity contribution is 7.89. The van der Waals surface area contributed by atoms with Crippen molar-refractivity contribution in [3.05, 3.63) is 59.7 Å². The average Bonchev–Trinajstić information content (AvgIpc) is 3.29. The Hall–Kier alpha value is -2.27. The molecule has 0 aliphatic heterocycles. The van der Waals surface area contributed by atoms with Crippen LogP contribution in [0.2, 0.25) is 0 Å². The molecule has 1 aliphatic rings. The fourth-order valence-corrected chi connectivity index (χ4v) is 6.36. The minimum Gasteiger partial charge on any atom is -0.348 e. The highest BCUT2D eigenvalue weighted by atomic mass is 32.2. The predicted octanol–water partition coefficient (Wildman–Crippen LogP) is 2.87. The maximum Gasteiger partial charge on any atom is 0.251 e. The van der Waals surface area contributed by atoms with E-state index in [1.54, 1.807) is 38.1 Å². The zero-order valence-corrected chi connectivity index (χ0v) is 20.7. The van der Waals surface area contributed by atoms with Crippen LogP contribution in [0, 0.1) is 0 Å². The second kappa shape index (κ2) is 10.3. The molecule has 2 aromatic carbocycles. The SMILES string of the molecule is CC(C)N(C)S(=O)(=O)c1ccc(CNC(=O)c2cccc(S(=O)(=O)NC3CCCC3)c2)cc1. The van der Waals surface area contributed by atoms with E-state index in [0.717, 1.165) is 31.2 Å². The Morgan fingerprint density at radius 3 is 2.24 bits per heavy atom. The molecule has 0 aromatic heterocycles. The molecule has 8 nitrogen and oxygen atoms in total. The second-order valence-electron chi connectivity index (χ2n) is 8.57. The van der Waals surface area contributed by atoms with Crippen molar-refractivity contribution in [3.63, 3.8) is 0 Å². The molecule has 1 fully saturated rings. The molecule has 10 heteroatoms. The molecule has 180 valence electrons. The van der Waals surface area contributed by atoms with Gasteiger partial charge in [-0.3, -0.25) is 4.79 Å². The zero-order valence-electron chi connectivity index (χ0n) is 19.1. The highest BCUT2D eigenvalue weighted by Crippen LogP contribution is 2.21. The third-order valence-electron chi connectivity index (χ3n) is 5.86. The van der Waals surface area contributed by atoms with Crippen LogP contribution in [-0.2, 0) is 26.6 Å². The molecule has 0 radical (unpaired) electrons. The van der Waals surface area contributed by atoms with Gasteiger partial charge in [0.25, 0.3) is 5.91 Å². The number of benzene rings is 2. The Balaban J connectivity index is 1.65. The van der Waals surface area contributed by atoms with Gasteiger partial charge in [-0.2, -0.15) is 4.31 Å². The third kappa shape index (κ3) is 6.20. The molecule has 0 unspecified atom stereocenters. The second-order valence-corrected chi connectivity index (χ2v) is 12.3. The monoisotopic (exact) mass is 493 g/mol. The summed E-state index contributed by atoms with van der Waals surface area (Å²) in [6.07, 6.45) is 3.68. The molecule has 0 heterocycles. The summed E-state index contributed by atoms with van der Waals surface area (Å²) >= 11 is 0. The Kier molecular flexibility index (Phi) is 7.94. The first-order chi connectivity index (χ1) is 15.5. The van der Waals surface area contributed by atoms with E-state index in [9.17, 15) is 21.6 Å². The number of amides is 1. The van der Waals surface area contributed by atoms with E-state index in [1.807, 2.05) is 0 Å². The zero-order chi connectivity index (χ0) is 24.2. The van der Waals surface area contributed by atoms with Gasteiger partial charge < -0.3 is 5.32 Å². The first-order valence-corrected chi connectivity index (χ1v) is 13.9. The smallest absolute Gasteiger partial charge is 0.251 e. The average molecular weight is 494 g/mol. The van der Waals surface area contributed by atoms with E-state index >= 15 is 0 Å². The molecule has 2 N–H and O–H groups in total. The van der Waals surface area contributed by atoms with Gasteiger partial charge in [0.1, 0.15) is 0 Å². The molecule has 1 aliphatic carbocycles. The van der Waals surface area contributed by atoms with Crippen molar-refractivity contribution < 1.29 is 21.6 Å². The van der Waals surface area contributed by atoms with Crippen molar-refractivity contribution >= 4 is 26.0 Å². The summed E-state index contributed by atoms with van der Waals surface area (Å²) < 4.78 is 54.4. The van der Waals surface area contributed by atoms with Crippen LogP contribution in [0.15, 0.2) is 58.3 Å². The molecule has 0 atom stereocenters. The molecule has 0 bridgehead atoms. The van der Waals surface area contributed by atoms with Crippen molar-refractivity contribution in [2.45, 2.75) is 68.0 Å². The molecule has 0 spiro atoms. The van der Waals surface area contributed by atoms with Crippen LogP contribution in [0.4, 0.5) is 0 Å². The number of nitrogens with zero attached hydrogens (tertiary/aromatic N) is 1. The fraction of sp³-hybridized carbons (Fsp3) is 0.435. The molecular weight excluding hydrogens is 462 g/mol. The van der Waals surface area contributed by atoms with Crippen LogP contribution in [0.5, 0.6) is 0 Å². The van der Waals surface area contributed by atoms with E-state index in [1.165, 1.54) is 35.6 Å². The number of nitrogens with one attached hydrogen (secondary N) is 2. The van der Waals surface area contributed by atoms with Gasteiger partial charge in [-0.05, 0) is 62.6 Å². The van der Waals surface area contributed by atoms with Crippen molar-refractivity contribution in [1.82, 2.24) is 14.3 Å². The summed E-state index contributed by atoms with van der Waals surface area (Å²) in [5.41, 5.74) is 0.961. The van der Waals surface area contributed by atoms with Crippen molar-refractivity contribution in [3.8, 4) is 0 Å². The van der Waals surface area contributed by atoms with Gasteiger partial charge in [-0.15, -0.1) is 0 Å². The van der Waals surface area contributed by atoms with Crippen LogP contribution in [-0.4, -0.2) is 46.2 Å². The van der Waals surface area contributed by atoms with Gasteiger partial charge in [0, 0.05) is 31.2 Å². The quantitative estimate of drug-likeness (QED) is 0.558.